The van der Waals surface area contributed by atoms with E-state index in [-0.39, 0.29) is 0 Å². The van der Waals surface area contributed by atoms with E-state index in [1.807, 2.05) is 50.2 Å². The maximum atomic E-state index is 5.94. The van der Waals surface area contributed by atoms with E-state index in [2.05, 4.69) is 27.5 Å². The van der Waals surface area contributed by atoms with E-state index in [4.69, 9.17) is 9.47 Å². The summed E-state index contributed by atoms with van der Waals surface area (Å²) >= 11 is 0. The molecule has 0 bridgehead atoms. The van der Waals surface area contributed by atoms with Gasteiger partial charge in [0.25, 0.3) is 0 Å². The molecule has 0 spiro atoms. The molecule has 0 radical (unpaired) electrons. The zero-order valence-corrected chi connectivity index (χ0v) is 15.8. The van der Waals surface area contributed by atoms with Gasteiger partial charge in [-0.05, 0) is 50.6 Å². The largest absolute Gasteiger partial charge is 0.494 e. The van der Waals surface area contributed by atoms with Crippen molar-refractivity contribution in [3.63, 3.8) is 0 Å². The second kappa shape index (κ2) is 11.0. The number of guanidine groups is 1. The standard InChI is InChI=1S/C20H28N4O2/c1-4-14-25-17-9-11-18(12-10-17)26-19-16(8-7-13-23-19)15-24-20(21-5-2)22-6-3/h7-13H,4-6,14-15H2,1-3H3,(H2,21,22,24). The number of pyridine rings is 1. The normalized spacial score (nSPS) is 10.1. The molecular weight excluding hydrogens is 328 g/mol. The zero-order chi connectivity index (χ0) is 18.6. The average Bonchev–Trinajstić information content (AvgIpc) is 2.67. The Labute approximate surface area is 155 Å². The molecule has 0 amide bonds. The molecule has 140 valence electrons. The van der Waals surface area contributed by atoms with Crippen LogP contribution in [0.3, 0.4) is 0 Å². The first-order chi connectivity index (χ1) is 12.8. The third kappa shape index (κ3) is 6.27. The summed E-state index contributed by atoms with van der Waals surface area (Å²) in [4.78, 5) is 8.93. The van der Waals surface area contributed by atoms with E-state index in [0.717, 1.165) is 42.5 Å². The van der Waals surface area contributed by atoms with Crippen molar-refractivity contribution in [2.24, 2.45) is 4.99 Å². The van der Waals surface area contributed by atoms with Crippen molar-refractivity contribution in [2.75, 3.05) is 19.7 Å². The summed E-state index contributed by atoms with van der Waals surface area (Å²) in [6.07, 6.45) is 2.70. The minimum Gasteiger partial charge on any atom is -0.494 e. The van der Waals surface area contributed by atoms with Gasteiger partial charge in [0.2, 0.25) is 5.88 Å². The molecule has 1 heterocycles. The predicted molar refractivity (Wildman–Crippen MR) is 105 cm³/mol. The predicted octanol–water partition coefficient (Wildman–Crippen LogP) is 3.74. The van der Waals surface area contributed by atoms with Gasteiger partial charge in [-0.15, -0.1) is 0 Å². The van der Waals surface area contributed by atoms with E-state index in [1.165, 1.54) is 0 Å². The van der Waals surface area contributed by atoms with E-state index in [9.17, 15) is 0 Å². The molecule has 0 unspecified atom stereocenters. The Balaban J connectivity index is 2.07. The van der Waals surface area contributed by atoms with Crippen molar-refractivity contribution in [1.29, 1.82) is 0 Å². The quantitative estimate of drug-likeness (QED) is 0.529. The first-order valence-corrected chi connectivity index (χ1v) is 9.13. The number of rotatable bonds is 9. The lowest BCUT2D eigenvalue weighted by atomic mass is 10.2. The highest BCUT2D eigenvalue weighted by Gasteiger charge is 2.07. The molecule has 2 aromatic rings. The fraction of sp³-hybridized carbons (Fsp3) is 0.400. The molecule has 26 heavy (non-hydrogen) atoms. The minimum atomic E-state index is 0.482. The molecule has 0 saturated heterocycles. The number of hydrogen-bond acceptors (Lipinski definition) is 4. The van der Waals surface area contributed by atoms with Crippen LogP contribution in [0.15, 0.2) is 47.6 Å². The summed E-state index contributed by atoms with van der Waals surface area (Å²) in [6, 6.07) is 11.4. The lowest BCUT2D eigenvalue weighted by Crippen LogP contribution is -2.36. The number of nitrogens with one attached hydrogen (secondary N) is 2. The maximum absolute atomic E-state index is 5.94. The van der Waals surface area contributed by atoms with Gasteiger partial charge in [-0.25, -0.2) is 9.98 Å². The van der Waals surface area contributed by atoms with Crippen LogP contribution in [0.25, 0.3) is 0 Å². The molecular formula is C20H28N4O2. The van der Waals surface area contributed by atoms with Crippen molar-refractivity contribution in [3.05, 3.63) is 48.2 Å². The van der Waals surface area contributed by atoms with Crippen LogP contribution in [0.1, 0.15) is 32.8 Å². The zero-order valence-electron chi connectivity index (χ0n) is 15.8. The molecule has 1 aromatic carbocycles. The van der Waals surface area contributed by atoms with Crippen LogP contribution < -0.4 is 20.1 Å². The van der Waals surface area contributed by atoms with Gasteiger partial charge in [0.1, 0.15) is 11.5 Å². The van der Waals surface area contributed by atoms with Crippen molar-refractivity contribution < 1.29 is 9.47 Å². The summed E-state index contributed by atoms with van der Waals surface area (Å²) < 4.78 is 11.5. The number of ether oxygens (including phenoxy) is 2. The van der Waals surface area contributed by atoms with Crippen LogP contribution in [-0.2, 0) is 6.54 Å². The van der Waals surface area contributed by atoms with E-state index >= 15 is 0 Å². The van der Waals surface area contributed by atoms with Crippen LogP contribution >= 0.6 is 0 Å². The highest BCUT2D eigenvalue weighted by Crippen LogP contribution is 2.25. The van der Waals surface area contributed by atoms with Gasteiger partial charge in [0, 0.05) is 24.8 Å². The molecule has 0 aliphatic rings. The first kappa shape index (κ1) is 19.6. The smallest absolute Gasteiger partial charge is 0.224 e. The summed E-state index contributed by atoms with van der Waals surface area (Å²) in [5.41, 5.74) is 0.923. The molecule has 0 aliphatic carbocycles. The Hall–Kier alpha value is -2.76. The fourth-order valence-electron chi connectivity index (χ4n) is 2.25. The van der Waals surface area contributed by atoms with Gasteiger partial charge < -0.3 is 20.1 Å². The molecule has 0 saturated carbocycles. The van der Waals surface area contributed by atoms with Crippen LogP contribution in [0.4, 0.5) is 0 Å². The number of hydrogen-bond donors (Lipinski definition) is 2. The van der Waals surface area contributed by atoms with Gasteiger partial charge >= 0.3 is 0 Å². The Bertz CT molecular complexity index is 678. The molecule has 0 fully saturated rings. The molecule has 1 aromatic heterocycles. The SMILES string of the molecule is CCCOc1ccc(Oc2ncccc2CN=C(NCC)NCC)cc1. The fourth-order valence-corrected chi connectivity index (χ4v) is 2.25. The van der Waals surface area contributed by atoms with Crippen LogP contribution in [0.2, 0.25) is 0 Å². The van der Waals surface area contributed by atoms with Crippen molar-refractivity contribution in [3.8, 4) is 17.4 Å². The summed E-state index contributed by atoms with van der Waals surface area (Å²) in [7, 11) is 0. The molecule has 6 nitrogen and oxygen atoms in total. The van der Waals surface area contributed by atoms with Crippen molar-refractivity contribution >= 4 is 5.96 Å². The first-order valence-electron chi connectivity index (χ1n) is 9.13. The number of aliphatic imine (C=N–C) groups is 1. The van der Waals surface area contributed by atoms with Crippen molar-refractivity contribution in [1.82, 2.24) is 15.6 Å². The van der Waals surface area contributed by atoms with E-state index in [0.29, 0.717) is 19.0 Å². The topological polar surface area (TPSA) is 67.8 Å². The highest BCUT2D eigenvalue weighted by atomic mass is 16.5. The molecule has 0 aliphatic heterocycles. The second-order valence-electron chi connectivity index (χ2n) is 5.62. The van der Waals surface area contributed by atoms with E-state index < -0.39 is 0 Å². The highest BCUT2D eigenvalue weighted by molar-refractivity contribution is 5.79. The lowest BCUT2D eigenvalue weighted by Gasteiger charge is -2.11. The maximum Gasteiger partial charge on any atom is 0.224 e. The Kier molecular flexibility index (Phi) is 8.26. The minimum absolute atomic E-state index is 0.482. The monoisotopic (exact) mass is 356 g/mol. The summed E-state index contributed by atoms with van der Waals surface area (Å²) in [5.74, 6) is 2.90. The molecule has 2 rings (SSSR count). The third-order valence-corrected chi connectivity index (χ3v) is 3.46. The summed E-state index contributed by atoms with van der Waals surface area (Å²) in [6.45, 7) is 8.99. The number of benzene rings is 1. The average molecular weight is 356 g/mol. The van der Waals surface area contributed by atoms with E-state index in [1.54, 1.807) is 6.20 Å². The Morgan fingerprint density at radius 2 is 1.69 bits per heavy atom. The van der Waals surface area contributed by atoms with Gasteiger partial charge in [-0.1, -0.05) is 13.0 Å². The Morgan fingerprint density at radius 3 is 2.35 bits per heavy atom. The van der Waals surface area contributed by atoms with Crippen LogP contribution in [0.5, 0.6) is 17.4 Å². The lowest BCUT2D eigenvalue weighted by molar-refractivity contribution is 0.317. The number of nitrogens with zero attached hydrogens (tertiary/aromatic N) is 2. The van der Waals surface area contributed by atoms with Gasteiger partial charge in [-0.3, -0.25) is 0 Å². The molecule has 6 heteroatoms. The molecule has 0 atom stereocenters. The Morgan fingerprint density at radius 1 is 1.00 bits per heavy atom. The van der Waals surface area contributed by atoms with Crippen molar-refractivity contribution in [2.45, 2.75) is 33.7 Å². The third-order valence-electron chi connectivity index (χ3n) is 3.46. The van der Waals surface area contributed by atoms with Gasteiger partial charge in [0.15, 0.2) is 5.96 Å². The number of aromatic nitrogens is 1. The van der Waals surface area contributed by atoms with Crippen LogP contribution in [0, 0.1) is 0 Å². The molecule has 2 N–H and O–H groups in total. The van der Waals surface area contributed by atoms with Crippen LogP contribution in [-0.4, -0.2) is 30.6 Å². The van der Waals surface area contributed by atoms with Gasteiger partial charge in [-0.2, -0.15) is 0 Å². The summed E-state index contributed by atoms with van der Waals surface area (Å²) in [5, 5.41) is 6.42. The second-order valence-corrected chi connectivity index (χ2v) is 5.62. The van der Waals surface area contributed by atoms with Gasteiger partial charge in [0.05, 0.1) is 13.2 Å².